The zero-order valence-corrected chi connectivity index (χ0v) is 12.3. The summed E-state index contributed by atoms with van der Waals surface area (Å²) in [7, 11) is 0. The highest BCUT2D eigenvalue weighted by atomic mass is 16.4. The molecule has 4 rings (SSSR count). The maximum Gasteiger partial charge on any atom is 0.307 e. The molecular formula is C17H18N2O3. The van der Waals surface area contributed by atoms with Gasteiger partial charge in [0.25, 0.3) is 0 Å². The van der Waals surface area contributed by atoms with Crippen LogP contribution in [0.25, 0.3) is 0 Å². The molecule has 4 unspecified atom stereocenters. The predicted molar refractivity (Wildman–Crippen MR) is 80.0 cm³/mol. The maximum atomic E-state index is 12.7. The predicted octanol–water partition coefficient (Wildman–Crippen LogP) is 2.24. The lowest BCUT2D eigenvalue weighted by Gasteiger charge is -2.23. The van der Waals surface area contributed by atoms with E-state index in [1.807, 2.05) is 19.1 Å². The summed E-state index contributed by atoms with van der Waals surface area (Å²) in [5, 5.41) is 12.4. The zero-order valence-electron chi connectivity index (χ0n) is 12.3. The number of nitrogens with zero attached hydrogens (tertiary/aromatic N) is 1. The first-order chi connectivity index (χ1) is 10.5. The van der Waals surface area contributed by atoms with Crippen molar-refractivity contribution >= 4 is 17.7 Å². The molecule has 2 fully saturated rings. The normalized spacial score (nSPS) is 33.1. The van der Waals surface area contributed by atoms with Crippen molar-refractivity contribution in [2.75, 3.05) is 5.32 Å². The van der Waals surface area contributed by atoms with Crippen molar-refractivity contribution in [3.05, 3.63) is 36.0 Å². The van der Waals surface area contributed by atoms with Gasteiger partial charge in [0.15, 0.2) is 0 Å². The number of carboxylic acids is 1. The molecule has 0 aliphatic heterocycles. The highest BCUT2D eigenvalue weighted by Crippen LogP contribution is 2.72. The Morgan fingerprint density at radius 1 is 1.23 bits per heavy atom. The Morgan fingerprint density at radius 2 is 1.91 bits per heavy atom. The number of carbonyl (C=O) groups excluding carboxylic acids is 1. The Kier molecular flexibility index (Phi) is 2.71. The number of aliphatic carboxylic acids is 1. The lowest BCUT2D eigenvalue weighted by molar-refractivity contribution is -0.146. The Labute approximate surface area is 128 Å². The largest absolute Gasteiger partial charge is 0.481 e. The summed E-state index contributed by atoms with van der Waals surface area (Å²) in [5.74, 6) is -1.62. The van der Waals surface area contributed by atoms with Crippen LogP contribution in [0.5, 0.6) is 0 Å². The molecular weight excluding hydrogens is 280 g/mol. The average molecular weight is 298 g/mol. The van der Waals surface area contributed by atoms with Crippen LogP contribution < -0.4 is 5.32 Å². The standard InChI is InChI=1S/C17H18N2O3/c1-9-2-5-12(18-8-9)19-15(20)13-10-3-4-11(14(13)16(21)22)17(10)6-7-17/h2-5,8,10-11,13-14H,6-7H2,1H3,(H,21,22)(H,18,19,20). The molecule has 3 aliphatic carbocycles. The van der Waals surface area contributed by atoms with Crippen LogP contribution in [0.1, 0.15) is 18.4 Å². The summed E-state index contributed by atoms with van der Waals surface area (Å²) in [5.41, 5.74) is 1.06. The van der Waals surface area contributed by atoms with Gasteiger partial charge in [-0.15, -0.1) is 0 Å². The molecule has 1 spiro atoms. The van der Waals surface area contributed by atoms with E-state index in [0.29, 0.717) is 5.82 Å². The monoisotopic (exact) mass is 298 g/mol. The number of allylic oxidation sites excluding steroid dienone is 2. The van der Waals surface area contributed by atoms with Crippen LogP contribution in [0, 0.1) is 36.0 Å². The molecule has 1 aromatic heterocycles. The maximum absolute atomic E-state index is 12.7. The molecule has 5 nitrogen and oxygen atoms in total. The van der Waals surface area contributed by atoms with Gasteiger partial charge in [-0.25, -0.2) is 4.98 Å². The fraction of sp³-hybridized carbons (Fsp3) is 0.471. The van der Waals surface area contributed by atoms with E-state index in [2.05, 4.69) is 16.4 Å². The Bertz CT molecular complexity index is 676. The molecule has 2 saturated carbocycles. The van der Waals surface area contributed by atoms with Crippen LogP contribution in [0.4, 0.5) is 5.82 Å². The summed E-state index contributed by atoms with van der Waals surface area (Å²) in [4.78, 5) is 28.5. The molecule has 5 heteroatoms. The molecule has 22 heavy (non-hydrogen) atoms. The SMILES string of the molecule is Cc1ccc(NC(=O)C2C(C(=O)O)C3C=CC2C32CC2)nc1. The zero-order chi connectivity index (χ0) is 15.5. The number of carbonyl (C=O) groups is 2. The van der Waals surface area contributed by atoms with Crippen molar-refractivity contribution < 1.29 is 14.7 Å². The quantitative estimate of drug-likeness (QED) is 0.839. The summed E-state index contributed by atoms with van der Waals surface area (Å²) in [6.45, 7) is 1.93. The van der Waals surface area contributed by atoms with Gasteiger partial charge in [0.05, 0.1) is 11.8 Å². The van der Waals surface area contributed by atoms with Gasteiger partial charge in [-0.3, -0.25) is 9.59 Å². The fourth-order valence-electron chi connectivity index (χ4n) is 4.44. The molecule has 1 aromatic rings. The average Bonchev–Trinajstić information content (AvgIpc) is 3.15. The molecule has 4 atom stereocenters. The van der Waals surface area contributed by atoms with Crippen LogP contribution in [0.2, 0.25) is 0 Å². The van der Waals surface area contributed by atoms with Crippen LogP contribution >= 0.6 is 0 Å². The van der Waals surface area contributed by atoms with Gasteiger partial charge >= 0.3 is 5.97 Å². The van der Waals surface area contributed by atoms with E-state index in [0.717, 1.165) is 18.4 Å². The van der Waals surface area contributed by atoms with Gasteiger partial charge in [-0.2, -0.15) is 0 Å². The van der Waals surface area contributed by atoms with Crippen molar-refractivity contribution in [1.82, 2.24) is 4.98 Å². The van der Waals surface area contributed by atoms with Crippen LogP contribution in [-0.2, 0) is 9.59 Å². The number of hydrogen-bond acceptors (Lipinski definition) is 3. The minimum absolute atomic E-state index is 0.0109. The van der Waals surface area contributed by atoms with Gasteiger partial charge in [-0.1, -0.05) is 18.2 Å². The molecule has 0 saturated heterocycles. The second-order valence-corrected chi connectivity index (χ2v) is 6.77. The van der Waals surface area contributed by atoms with E-state index in [1.165, 1.54) is 0 Å². The van der Waals surface area contributed by atoms with Crippen LogP contribution in [-0.4, -0.2) is 22.0 Å². The number of aryl methyl sites for hydroxylation is 1. The summed E-state index contributed by atoms with van der Waals surface area (Å²) in [6, 6.07) is 3.62. The van der Waals surface area contributed by atoms with Crippen molar-refractivity contribution in [1.29, 1.82) is 0 Å². The number of rotatable bonds is 3. The molecule has 1 amide bonds. The molecule has 2 N–H and O–H groups in total. The minimum atomic E-state index is -0.861. The lowest BCUT2D eigenvalue weighted by atomic mass is 9.82. The topological polar surface area (TPSA) is 79.3 Å². The van der Waals surface area contributed by atoms with Crippen molar-refractivity contribution in [2.24, 2.45) is 29.1 Å². The molecule has 3 aliphatic rings. The van der Waals surface area contributed by atoms with E-state index in [4.69, 9.17) is 0 Å². The summed E-state index contributed by atoms with van der Waals surface area (Å²) >= 11 is 0. The third-order valence-electron chi connectivity index (χ3n) is 5.59. The first kappa shape index (κ1) is 13.5. The van der Waals surface area contributed by atoms with E-state index < -0.39 is 17.8 Å². The fourth-order valence-corrected chi connectivity index (χ4v) is 4.44. The van der Waals surface area contributed by atoms with Gasteiger partial charge < -0.3 is 10.4 Å². The van der Waals surface area contributed by atoms with Crippen molar-refractivity contribution in [3.8, 4) is 0 Å². The van der Waals surface area contributed by atoms with Crippen LogP contribution in [0.3, 0.4) is 0 Å². The Balaban J connectivity index is 1.60. The van der Waals surface area contributed by atoms with Gasteiger partial charge in [0.2, 0.25) is 5.91 Å². The number of pyridine rings is 1. The molecule has 114 valence electrons. The van der Waals surface area contributed by atoms with E-state index >= 15 is 0 Å². The van der Waals surface area contributed by atoms with Crippen LogP contribution in [0.15, 0.2) is 30.5 Å². The number of amides is 1. The highest BCUT2D eigenvalue weighted by Gasteiger charge is 2.70. The molecule has 2 bridgehead atoms. The first-order valence-corrected chi connectivity index (χ1v) is 7.67. The molecule has 0 aromatic carbocycles. The lowest BCUT2D eigenvalue weighted by Crippen LogP contribution is -2.36. The van der Waals surface area contributed by atoms with Crippen molar-refractivity contribution in [2.45, 2.75) is 19.8 Å². The minimum Gasteiger partial charge on any atom is -0.481 e. The number of anilines is 1. The third-order valence-corrected chi connectivity index (χ3v) is 5.59. The third kappa shape index (κ3) is 1.74. The number of aromatic nitrogens is 1. The Hall–Kier alpha value is -2.17. The van der Waals surface area contributed by atoms with Crippen molar-refractivity contribution in [3.63, 3.8) is 0 Å². The first-order valence-electron chi connectivity index (χ1n) is 7.67. The number of hydrogen-bond donors (Lipinski definition) is 2. The highest BCUT2D eigenvalue weighted by molar-refractivity contribution is 5.96. The Morgan fingerprint density at radius 3 is 2.45 bits per heavy atom. The van der Waals surface area contributed by atoms with E-state index in [9.17, 15) is 14.7 Å². The smallest absolute Gasteiger partial charge is 0.307 e. The van der Waals surface area contributed by atoms with Gasteiger partial charge in [-0.05, 0) is 48.6 Å². The van der Waals surface area contributed by atoms with E-state index in [1.54, 1.807) is 12.3 Å². The number of nitrogens with one attached hydrogen (secondary N) is 1. The van der Waals surface area contributed by atoms with Gasteiger partial charge in [0.1, 0.15) is 5.82 Å². The summed E-state index contributed by atoms with van der Waals surface area (Å²) in [6.07, 6.45) is 7.83. The molecule has 0 radical (unpaired) electrons. The summed E-state index contributed by atoms with van der Waals surface area (Å²) < 4.78 is 0. The molecule has 1 heterocycles. The second kappa shape index (κ2) is 4.41. The number of carboxylic acid groups (broad SMARTS) is 1. The van der Waals surface area contributed by atoms with Gasteiger partial charge in [0, 0.05) is 6.20 Å². The van der Waals surface area contributed by atoms with E-state index in [-0.39, 0.29) is 23.2 Å². The second-order valence-electron chi connectivity index (χ2n) is 6.77.